The molecular formula is C19H16ClN3O. The molecule has 0 unspecified atom stereocenters. The van der Waals surface area contributed by atoms with Crippen molar-refractivity contribution in [2.24, 2.45) is 0 Å². The van der Waals surface area contributed by atoms with Gasteiger partial charge in [0.1, 0.15) is 5.69 Å². The molecule has 3 rings (SSSR count). The van der Waals surface area contributed by atoms with Gasteiger partial charge in [0.25, 0.3) is 5.91 Å². The number of carbonyl (C=O) groups is 1. The highest BCUT2D eigenvalue weighted by atomic mass is 35.5. The second-order valence-electron chi connectivity index (χ2n) is 5.21. The van der Waals surface area contributed by atoms with Gasteiger partial charge in [0.2, 0.25) is 0 Å². The molecule has 0 radical (unpaired) electrons. The zero-order valence-corrected chi connectivity index (χ0v) is 13.6. The minimum absolute atomic E-state index is 0.209. The maximum atomic E-state index is 12.8. The first-order chi connectivity index (χ1) is 11.7. The van der Waals surface area contributed by atoms with Gasteiger partial charge in [-0.05, 0) is 42.0 Å². The molecule has 0 spiro atoms. The third kappa shape index (κ3) is 4.12. The van der Waals surface area contributed by atoms with Crippen LogP contribution in [-0.2, 0) is 6.54 Å². The number of hydrogen-bond donors (Lipinski definition) is 1. The fourth-order valence-corrected chi connectivity index (χ4v) is 2.49. The molecule has 1 N–H and O–H groups in total. The number of hydrogen-bond acceptors (Lipinski definition) is 3. The van der Waals surface area contributed by atoms with Crippen molar-refractivity contribution in [3.8, 4) is 0 Å². The van der Waals surface area contributed by atoms with Crippen LogP contribution < -0.4 is 5.43 Å². The standard InChI is InChI=1S/C19H16ClN3O/c20-16-8-6-7-15(13-16)14-23(22-17-9-2-1-3-10-17)19(24)18-11-4-5-12-21-18/h1-13,22H,14H2. The van der Waals surface area contributed by atoms with E-state index in [1.54, 1.807) is 30.5 Å². The van der Waals surface area contributed by atoms with Crippen LogP contribution in [0.3, 0.4) is 0 Å². The lowest BCUT2D eigenvalue weighted by molar-refractivity contribution is 0.0777. The Kier molecular flexibility index (Phi) is 5.08. The van der Waals surface area contributed by atoms with Crippen LogP contribution >= 0.6 is 11.6 Å². The Morgan fingerprint density at radius 3 is 2.50 bits per heavy atom. The van der Waals surface area contributed by atoms with Gasteiger partial charge in [-0.25, -0.2) is 5.01 Å². The first-order valence-electron chi connectivity index (χ1n) is 7.51. The van der Waals surface area contributed by atoms with Gasteiger partial charge in [0.15, 0.2) is 0 Å². The first-order valence-corrected chi connectivity index (χ1v) is 7.89. The van der Waals surface area contributed by atoms with Crippen LogP contribution in [0.4, 0.5) is 5.69 Å². The lowest BCUT2D eigenvalue weighted by Crippen LogP contribution is -2.36. The summed E-state index contributed by atoms with van der Waals surface area (Å²) in [6.45, 7) is 0.366. The van der Waals surface area contributed by atoms with Crippen molar-refractivity contribution in [2.45, 2.75) is 6.54 Å². The Balaban J connectivity index is 1.87. The lowest BCUT2D eigenvalue weighted by Gasteiger charge is -2.24. The summed E-state index contributed by atoms with van der Waals surface area (Å²) in [6.07, 6.45) is 1.60. The Hall–Kier alpha value is -2.85. The van der Waals surface area contributed by atoms with Crippen molar-refractivity contribution in [3.05, 3.63) is 95.3 Å². The topological polar surface area (TPSA) is 45.2 Å². The number of nitrogens with one attached hydrogen (secondary N) is 1. The van der Waals surface area contributed by atoms with Gasteiger partial charge in [-0.3, -0.25) is 15.2 Å². The van der Waals surface area contributed by atoms with Crippen LogP contribution in [0, 0.1) is 0 Å². The van der Waals surface area contributed by atoms with Crippen molar-refractivity contribution in [2.75, 3.05) is 5.43 Å². The Morgan fingerprint density at radius 2 is 1.79 bits per heavy atom. The normalized spacial score (nSPS) is 10.2. The van der Waals surface area contributed by atoms with Gasteiger partial charge in [-0.2, -0.15) is 0 Å². The van der Waals surface area contributed by atoms with E-state index >= 15 is 0 Å². The molecule has 0 aliphatic rings. The van der Waals surface area contributed by atoms with Crippen molar-refractivity contribution in [1.82, 2.24) is 9.99 Å². The molecule has 0 saturated heterocycles. The summed E-state index contributed by atoms with van der Waals surface area (Å²) in [5, 5.41) is 2.17. The van der Waals surface area contributed by atoms with E-state index in [1.165, 1.54) is 5.01 Å². The third-order valence-electron chi connectivity index (χ3n) is 3.40. The van der Waals surface area contributed by atoms with E-state index in [0.717, 1.165) is 11.3 Å². The summed E-state index contributed by atoms with van der Waals surface area (Å²) in [4.78, 5) is 16.9. The summed E-state index contributed by atoms with van der Waals surface area (Å²) in [5.74, 6) is -0.209. The zero-order valence-electron chi connectivity index (χ0n) is 12.9. The average Bonchev–Trinajstić information content (AvgIpc) is 2.62. The molecular weight excluding hydrogens is 322 g/mol. The van der Waals surface area contributed by atoms with Gasteiger partial charge < -0.3 is 0 Å². The number of hydrazine groups is 1. The number of benzene rings is 2. The van der Waals surface area contributed by atoms with Crippen molar-refractivity contribution in [3.63, 3.8) is 0 Å². The highest BCUT2D eigenvalue weighted by Crippen LogP contribution is 2.16. The second-order valence-corrected chi connectivity index (χ2v) is 5.65. The maximum Gasteiger partial charge on any atom is 0.291 e. The number of halogens is 1. The summed E-state index contributed by atoms with van der Waals surface area (Å²) >= 11 is 6.05. The van der Waals surface area contributed by atoms with Crippen LogP contribution in [0.1, 0.15) is 16.1 Å². The summed E-state index contributed by atoms with van der Waals surface area (Å²) in [6, 6.07) is 22.2. The van der Waals surface area contributed by atoms with E-state index in [4.69, 9.17) is 11.6 Å². The lowest BCUT2D eigenvalue weighted by atomic mass is 10.2. The Bertz CT molecular complexity index is 809. The fourth-order valence-electron chi connectivity index (χ4n) is 2.28. The van der Waals surface area contributed by atoms with E-state index in [2.05, 4.69) is 10.4 Å². The molecule has 24 heavy (non-hydrogen) atoms. The number of pyridine rings is 1. The summed E-state index contributed by atoms with van der Waals surface area (Å²) in [7, 11) is 0. The minimum atomic E-state index is -0.209. The van der Waals surface area contributed by atoms with E-state index in [1.807, 2.05) is 48.5 Å². The van der Waals surface area contributed by atoms with E-state index < -0.39 is 0 Å². The highest BCUT2D eigenvalue weighted by Gasteiger charge is 2.17. The van der Waals surface area contributed by atoms with Crippen LogP contribution in [0.5, 0.6) is 0 Å². The van der Waals surface area contributed by atoms with Crippen LogP contribution in [0.2, 0.25) is 5.02 Å². The van der Waals surface area contributed by atoms with E-state index in [0.29, 0.717) is 17.3 Å². The minimum Gasteiger partial charge on any atom is -0.295 e. The number of amides is 1. The van der Waals surface area contributed by atoms with Gasteiger partial charge in [0.05, 0.1) is 12.2 Å². The van der Waals surface area contributed by atoms with Crippen molar-refractivity contribution < 1.29 is 4.79 Å². The molecule has 0 aliphatic heterocycles. The van der Waals surface area contributed by atoms with E-state index in [-0.39, 0.29) is 5.91 Å². The van der Waals surface area contributed by atoms with Gasteiger partial charge in [0, 0.05) is 11.2 Å². The van der Waals surface area contributed by atoms with Crippen LogP contribution in [-0.4, -0.2) is 15.9 Å². The second kappa shape index (κ2) is 7.62. The number of aromatic nitrogens is 1. The predicted octanol–water partition coefficient (Wildman–Crippen LogP) is 4.40. The third-order valence-corrected chi connectivity index (χ3v) is 3.63. The zero-order chi connectivity index (χ0) is 16.8. The SMILES string of the molecule is O=C(c1ccccn1)N(Cc1cccc(Cl)c1)Nc1ccccc1. The Labute approximate surface area is 145 Å². The number of nitrogens with zero attached hydrogens (tertiary/aromatic N) is 2. The number of para-hydroxylation sites is 1. The molecule has 1 amide bonds. The molecule has 2 aromatic carbocycles. The molecule has 0 saturated carbocycles. The van der Waals surface area contributed by atoms with Gasteiger partial charge in [-0.1, -0.05) is 48.0 Å². The molecule has 1 heterocycles. The Morgan fingerprint density at radius 1 is 1.00 bits per heavy atom. The molecule has 1 aromatic heterocycles. The first kappa shape index (κ1) is 16.0. The molecule has 120 valence electrons. The predicted molar refractivity (Wildman–Crippen MR) is 95.6 cm³/mol. The number of rotatable bonds is 5. The van der Waals surface area contributed by atoms with E-state index in [9.17, 15) is 4.79 Å². The van der Waals surface area contributed by atoms with Gasteiger partial charge in [-0.15, -0.1) is 0 Å². The molecule has 0 atom stereocenters. The van der Waals surface area contributed by atoms with Crippen molar-refractivity contribution >= 4 is 23.2 Å². The monoisotopic (exact) mass is 337 g/mol. The van der Waals surface area contributed by atoms with Crippen LogP contribution in [0.25, 0.3) is 0 Å². The molecule has 5 heteroatoms. The molecule has 3 aromatic rings. The average molecular weight is 338 g/mol. The molecule has 0 bridgehead atoms. The molecule has 0 aliphatic carbocycles. The quantitative estimate of drug-likeness (QED) is 0.702. The summed E-state index contributed by atoms with van der Waals surface area (Å²) in [5.41, 5.74) is 5.27. The van der Waals surface area contributed by atoms with Crippen LogP contribution in [0.15, 0.2) is 79.0 Å². The maximum absolute atomic E-state index is 12.8. The highest BCUT2D eigenvalue weighted by molar-refractivity contribution is 6.30. The summed E-state index contributed by atoms with van der Waals surface area (Å²) < 4.78 is 0. The fraction of sp³-hybridized carbons (Fsp3) is 0.0526. The van der Waals surface area contributed by atoms with Gasteiger partial charge >= 0.3 is 0 Å². The van der Waals surface area contributed by atoms with Crippen molar-refractivity contribution in [1.29, 1.82) is 0 Å². The smallest absolute Gasteiger partial charge is 0.291 e. The number of carbonyl (C=O) groups excluding carboxylic acids is 1. The molecule has 4 nitrogen and oxygen atoms in total. The number of anilines is 1. The molecule has 0 fully saturated rings. The largest absolute Gasteiger partial charge is 0.295 e.